The molecule has 0 spiro atoms. The Morgan fingerprint density at radius 2 is 2.15 bits per heavy atom. The third-order valence-electron chi connectivity index (χ3n) is 2.47. The first kappa shape index (κ1) is 13.5. The summed E-state index contributed by atoms with van der Waals surface area (Å²) in [6.45, 7) is -0.0887. The molecule has 20 heavy (non-hydrogen) atoms. The highest BCUT2D eigenvalue weighted by Gasteiger charge is 2.12. The Bertz CT molecular complexity index is 668. The third kappa shape index (κ3) is 3.10. The van der Waals surface area contributed by atoms with Gasteiger partial charge >= 0.3 is 0 Å². The zero-order chi connectivity index (χ0) is 14.7. The monoisotopic (exact) mass is 277 g/mol. The molecule has 2 rings (SSSR count). The normalized spacial score (nSPS) is 10.2. The van der Waals surface area contributed by atoms with Gasteiger partial charge in [-0.15, -0.1) is 0 Å². The minimum atomic E-state index is -0.547. The molecule has 0 bridgehead atoms. The van der Waals surface area contributed by atoms with Crippen LogP contribution in [0.3, 0.4) is 0 Å². The fourth-order valence-electron chi connectivity index (χ4n) is 1.61. The summed E-state index contributed by atoms with van der Waals surface area (Å²) in [6, 6.07) is 3.49. The number of aromatic nitrogens is 2. The number of nitrogen functional groups attached to an aromatic ring is 1. The van der Waals surface area contributed by atoms with Crippen LogP contribution in [0.4, 0.5) is 15.8 Å². The Hall–Kier alpha value is -2.90. The molecule has 0 aliphatic heterocycles. The van der Waals surface area contributed by atoms with Crippen molar-refractivity contribution >= 4 is 23.2 Å². The van der Waals surface area contributed by atoms with Crippen LogP contribution in [0.15, 0.2) is 30.6 Å². The lowest BCUT2D eigenvalue weighted by molar-refractivity contribution is -0.118. The molecule has 0 aliphatic carbocycles. The fraction of sp³-hybridized carbons (Fsp3) is 0.0833. The lowest BCUT2D eigenvalue weighted by Crippen LogP contribution is -2.18. The van der Waals surface area contributed by atoms with Gasteiger partial charge in [0.15, 0.2) is 0 Å². The van der Waals surface area contributed by atoms with Gasteiger partial charge < -0.3 is 16.8 Å². The molecular formula is C12H12FN5O2. The molecule has 0 aliphatic rings. The molecule has 8 heteroatoms. The number of hydrogen-bond acceptors (Lipinski definition) is 4. The van der Waals surface area contributed by atoms with Crippen LogP contribution in [-0.2, 0) is 11.3 Å². The highest BCUT2D eigenvalue weighted by atomic mass is 19.1. The number of nitrogens with one attached hydrogen (secondary N) is 1. The van der Waals surface area contributed by atoms with E-state index >= 15 is 0 Å². The number of rotatable bonds is 4. The lowest BCUT2D eigenvalue weighted by Gasteiger charge is -2.05. The fourth-order valence-corrected chi connectivity index (χ4v) is 1.61. The van der Waals surface area contributed by atoms with Crippen molar-refractivity contribution in [3.8, 4) is 0 Å². The van der Waals surface area contributed by atoms with E-state index in [4.69, 9.17) is 11.5 Å². The van der Waals surface area contributed by atoms with Gasteiger partial charge in [-0.25, -0.2) is 4.39 Å². The number of nitrogens with two attached hydrogens (primary N) is 2. The second kappa shape index (κ2) is 5.39. The number of primary amides is 1. The quantitative estimate of drug-likeness (QED) is 0.699. The topological polar surface area (TPSA) is 116 Å². The molecule has 0 fully saturated rings. The van der Waals surface area contributed by atoms with Crippen molar-refractivity contribution in [2.75, 3.05) is 11.1 Å². The Kier molecular flexibility index (Phi) is 3.65. The average Bonchev–Trinajstić information content (AvgIpc) is 2.75. The maximum absolute atomic E-state index is 12.9. The highest BCUT2D eigenvalue weighted by Crippen LogP contribution is 2.15. The number of nitrogens with zero attached hydrogens (tertiary/aromatic N) is 2. The Labute approximate surface area is 113 Å². The second-order valence-corrected chi connectivity index (χ2v) is 4.08. The minimum Gasteiger partial charge on any atom is -0.398 e. The Morgan fingerprint density at radius 1 is 1.40 bits per heavy atom. The molecule has 2 aromatic rings. The van der Waals surface area contributed by atoms with Crippen LogP contribution in [0.25, 0.3) is 0 Å². The van der Waals surface area contributed by atoms with Crippen LogP contribution in [0.1, 0.15) is 10.4 Å². The summed E-state index contributed by atoms with van der Waals surface area (Å²) in [4.78, 5) is 22.7. The average molecular weight is 277 g/mol. The number of carbonyl (C=O) groups excluding carboxylic acids is 2. The van der Waals surface area contributed by atoms with Gasteiger partial charge in [0.25, 0.3) is 5.91 Å². The van der Waals surface area contributed by atoms with Crippen LogP contribution in [-0.4, -0.2) is 21.6 Å². The maximum atomic E-state index is 12.9. The summed E-state index contributed by atoms with van der Waals surface area (Å²) in [5.74, 6) is -1.57. The number of carbonyl (C=O) groups is 2. The van der Waals surface area contributed by atoms with E-state index in [0.29, 0.717) is 5.69 Å². The van der Waals surface area contributed by atoms with Gasteiger partial charge in [-0.05, 0) is 18.2 Å². The predicted molar refractivity (Wildman–Crippen MR) is 70.2 cm³/mol. The van der Waals surface area contributed by atoms with Crippen molar-refractivity contribution < 1.29 is 14.0 Å². The van der Waals surface area contributed by atoms with E-state index in [0.717, 1.165) is 12.1 Å². The number of halogens is 1. The largest absolute Gasteiger partial charge is 0.398 e. The lowest BCUT2D eigenvalue weighted by atomic mass is 10.1. The van der Waals surface area contributed by atoms with Crippen LogP contribution < -0.4 is 16.8 Å². The van der Waals surface area contributed by atoms with Crippen molar-refractivity contribution in [2.45, 2.75) is 6.54 Å². The zero-order valence-corrected chi connectivity index (χ0v) is 10.3. The van der Waals surface area contributed by atoms with Gasteiger partial charge in [-0.1, -0.05) is 0 Å². The Balaban J connectivity index is 2.11. The van der Waals surface area contributed by atoms with Gasteiger partial charge in [0.2, 0.25) is 5.91 Å². The molecule has 5 N–H and O–H groups in total. The summed E-state index contributed by atoms with van der Waals surface area (Å²) < 4.78 is 14.2. The molecular weight excluding hydrogens is 265 g/mol. The van der Waals surface area contributed by atoms with Crippen LogP contribution >= 0.6 is 0 Å². The molecule has 1 aromatic heterocycles. The van der Waals surface area contributed by atoms with Gasteiger partial charge in [0, 0.05) is 11.9 Å². The number of anilines is 2. The molecule has 104 valence electrons. The van der Waals surface area contributed by atoms with Crippen molar-refractivity contribution in [1.82, 2.24) is 9.78 Å². The van der Waals surface area contributed by atoms with Crippen molar-refractivity contribution in [1.29, 1.82) is 0 Å². The molecule has 0 saturated heterocycles. The van der Waals surface area contributed by atoms with Crippen molar-refractivity contribution in [3.05, 3.63) is 42.0 Å². The molecule has 1 aromatic carbocycles. The molecule has 0 saturated carbocycles. The first-order chi connectivity index (χ1) is 9.45. The highest BCUT2D eigenvalue weighted by molar-refractivity contribution is 6.07. The summed E-state index contributed by atoms with van der Waals surface area (Å²) in [6.07, 6.45) is 2.81. The minimum absolute atomic E-state index is 0.0343. The predicted octanol–water partition coefficient (Wildman–Crippen LogP) is 0.342. The standard InChI is InChI=1S/C12H12FN5O2/c13-7-1-2-9(10(14)3-7)12(20)17-8-4-16-18(5-8)6-11(15)19/h1-5H,6,14H2,(H2,15,19)(H,17,20). The van der Waals surface area contributed by atoms with Gasteiger partial charge in [0.05, 0.1) is 17.4 Å². The van der Waals surface area contributed by atoms with E-state index in [1.165, 1.54) is 23.1 Å². The van der Waals surface area contributed by atoms with Crippen molar-refractivity contribution in [3.63, 3.8) is 0 Å². The molecule has 0 unspecified atom stereocenters. The molecule has 0 radical (unpaired) electrons. The van der Waals surface area contributed by atoms with Crippen molar-refractivity contribution in [2.24, 2.45) is 5.73 Å². The van der Waals surface area contributed by atoms with E-state index in [-0.39, 0.29) is 17.8 Å². The van der Waals surface area contributed by atoms with Crippen LogP contribution in [0, 0.1) is 5.82 Å². The molecule has 2 amide bonds. The van der Waals surface area contributed by atoms with E-state index in [2.05, 4.69) is 10.4 Å². The van der Waals surface area contributed by atoms with E-state index in [1.54, 1.807) is 0 Å². The summed E-state index contributed by atoms with van der Waals surface area (Å²) in [5.41, 5.74) is 11.1. The summed E-state index contributed by atoms with van der Waals surface area (Å²) in [7, 11) is 0. The molecule has 7 nitrogen and oxygen atoms in total. The smallest absolute Gasteiger partial charge is 0.257 e. The third-order valence-corrected chi connectivity index (χ3v) is 2.47. The Morgan fingerprint density at radius 3 is 2.80 bits per heavy atom. The second-order valence-electron chi connectivity index (χ2n) is 4.08. The first-order valence-corrected chi connectivity index (χ1v) is 5.63. The van der Waals surface area contributed by atoms with Gasteiger partial charge in [-0.3, -0.25) is 14.3 Å². The maximum Gasteiger partial charge on any atom is 0.257 e. The first-order valence-electron chi connectivity index (χ1n) is 5.63. The van der Waals surface area contributed by atoms with Crippen LogP contribution in [0.5, 0.6) is 0 Å². The number of hydrogen-bond donors (Lipinski definition) is 3. The van der Waals surface area contributed by atoms with E-state index < -0.39 is 17.6 Å². The molecule has 1 heterocycles. The zero-order valence-electron chi connectivity index (χ0n) is 10.3. The van der Waals surface area contributed by atoms with Crippen LogP contribution in [0.2, 0.25) is 0 Å². The van der Waals surface area contributed by atoms with Gasteiger partial charge in [0.1, 0.15) is 12.4 Å². The van der Waals surface area contributed by atoms with E-state index in [9.17, 15) is 14.0 Å². The van der Waals surface area contributed by atoms with E-state index in [1.807, 2.05) is 0 Å². The molecule has 0 atom stereocenters. The number of amides is 2. The SMILES string of the molecule is NC(=O)Cn1cc(NC(=O)c2ccc(F)cc2N)cn1. The number of benzene rings is 1. The van der Waals surface area contributed by atoms with Gasteiger partial charge in [-0.2, -0.15) is 5.10 Å². The summed E-state index contributed by atoms with van der Waals surface area (Å²) >= 11 is 0. The summed E-state index contributed by atoms with van der Waals surface area (Å²) in [5, 5.41) is 6.38.